The third-order valence-electron chi connectivity index (χ3n) is 6.23. The van der Waals surface area contributed by atoms with Crippen LogP contribution in [0.5, 0.6) is 23.0 Å². The molecule has 0 spiro atoms. The number of esters is 1. The van der Waals surface area contributed by atoms with Gasteiger partial charge in [0.1, 0.15) is 0 Å². The number of aromatic nitrogens is 1. The smallest absolute Gasteiger partial charge is 0.338 e. The van der Waals surface area contributed by atoms with Gasteiger partial charge >= 0.3 is 5.97 Å². The normalized spacial score (nSPS) is 15.1. The summed E-state index contributed by atoms with van der Waals surface area (Å²) in [6.07, 6.45) is 1.71. The van der Waals surface area contributed by atoms with E-state index < -0.39 is 12.0 Å². The van der Waals surface area contributed by atoms with Crippen molar-refractivity contribution < 1.29 is 28.5 Å². The van der Waals surface area contributed by atoms with Gasteiger partial charge in [0.15, 0.2) is 27.8 Å². The van der Waals surface area contributed by atoms with E-state index in [1.165, 1.54) is 11.3 Å². The van der Waals surface area contributed by atoms with Gasteiger partial charge in [-0.2, -0.15) is 0 Å². The number of hydrogen-bond acceptors (Lipinski definition) is 9. The van der Waals surface area contributed by atoms with Crippen LogP contribution in [0, 0.1) is 0 Å². The topological polar surface area (TPSA) is 97.6 Å². The number of carbonyl (C=O) groups is 1. The molecular formula is C31H36N2O7S. The first-order chi connectivity index (χ1) is 19.6. The third-order valence-corrected chi connectivity index (χ3v) is 7.21. The minimum absolute atomic E-state index is 0.0140. The van der Waals surface area contributed by atoms with Gasteiger partial charge in [0.05, 0.1) is 54.9 Å². The lowest BCUT2D eigenvalue weighted by atomic mass is 9.95. The van der Waals surface area contributed by atoms with Crippen LogP contribution in [-0.2, 0) is 9.53 Å². The minimum atomic E-state index is -0.772. The molecule has 41 heavy (non-hydrogen) atoms. The molecule has 1 atom stereocenters. The second-order valence-electron chi connectivity index (χ2n) is 9.96. The van der Waals surface area contributed by atoms with Crippen molar-refractivity contribution in [2.75, 3.05) is 20.8 Å². The van der Waals surface area contributed by atoms with Crippen molar-refractivity contribution in [2.45, 2.75) is 59.8 Å². The summed E-state index contributed by atoms with van der Waals surface area (Å²) in [6.45, 7) is 11.4. The molecular weight excluding hydrogens is 544 g/mol. The van der Waals surface area contributed by atoms with Crippen LogP contribution in [0.2, 0.25) is 0 Å². The van der Waals surface area contributed by atoms with E-state index in [9.17, 15) is 9.59 Å². The van der Waals surface area contributed by atoms with Gasteiger partial charge < -0.3 is 23.7 Å². The molecule has 2 aromatic carbocycles. The molecule has 0 saturated carbocycles. The van der Waals surface area contributed by atoms with Gasteiger partial charge in [0.25, 0.3) is 5.56 Å². The van der Waals surface area contributed by atoms with Gasteiger partial charge in [-0.3, -0.25) is 9.36 Å². The Morgan fingerprint density at radius 3 is 2.17 bits per heavy atom. The number of carbonyl (C=O) groups excluding carboxylic acids is 1. The maximum absolute atomic E-state index is 14.0. The summed E-state index contributed by atoms with van der Waals surface area (Å²) in [5, 5.41) is 0. The minimum Gasteiger partial charge on any atom is -0.493 e. The number of nitrogens with zero attached hydrogens (tertiary/aromatic N) is 2. The molecule has 10 heteroatoms. The summed E-state index contributed by atoms with van der Waals surface area (Å²) in [5.74, 6) is 1.71. The Morgan fingerprint density at radius 1 is 0.976 bits per heavy atom. The van der Waals surface area contributed by atoms with Gasteiger partial charge in [-0.1, -0.05) is 23.5 Å². The Balaban J connectivity index is 1.90. The summed E-state index contributed by atoms with van der Waals surface area (Å²) in [5.41, 5.74) is 1.93. The molecule has 2 heterocycles. The summed E-state index contributed by atoms with van der Waals surface area (Å²) in [7, 11) is 3.13. The number of fused-ring (bicyclic) bond motifs is 1. The van der Waals surface area contributed by atoms with Crippen molar-refractivity contribution in [3.8, 4) is 23.0 Å². The predicted octanol–water partition coefficient (Wildman–Crippen LogP) is 4.39. The maximum Gasteiger partial charge on any atom is 0.338 e. The van der Waals surface area contributed by atoms with E-state index in [1.54, 1.807) is 50.8 Å². The van der Waals surface area contributed by atoms with Crippen LogP contribution in [0.15, 0.2) is 57.5 Å². The molecule has 0 unspecified atom stereocenters. The molecule has 0 N–H and O–H groups in total. The molecule has 0 bridgehead atoms. The molecule has 9 nitrogen and oxygen atoms in total. The van der Waals surface area contributed by atoms with Gasteiger partial charge in [-0.25, -0.2) is 9.79 Å². The van der Waals surface area contributed by atoms with E-state index in [2.05, 4.69) is 4.99 Å². The van der Waals surface area contributed by atoms with Crippen LogP contribution in [0.4, 0.5) is 0 Å². The van der Waals surface area contributed by atoms with Gasteiger partial charge in [-0.05, 0) is 83.0 Å². The summed E-state index contributed by atoms with van der Waals surface area (Å²) in [6, 6.07) is 10.1. The number of benzene rings is 2. The van der Waals surface area contributed by atoms with Crippen LogP contribution in [0.25, 0.3) is 6.08 Å². The van der Waals surface area contributed by atoms with E-state index >= 15 is 0 Å². The predicted molar refractivity (Wildman–Crippen MR) is 158 cm³/mol. The van der Waals surface area contributed by atoms with E-state index in [0.29, 0.717) is 49.2 Å². The highest BCUT2D eigenvalue weighted by molar-refractivity contribution is 7.07. The lowest BCUT2D eigenvalue weighted by Gasteiger charge is -2.25. The van der Waals surface area contributed by atoms with E-state index in [4.69, 9.17) is 23.7 Å². The van der Waals surface area contributed by atoms with Crippen LogP contribution in [-0.4, -0.2) is 43.6 Å². The highest BCUT2D eigenvalue weighted by Crippen LogP contribution is 2.36. The largest absolute Gasteiger partial charge is 0.493 e. The fraction of sp³-hybridized carbons (Fsp3) is 0.387. The molecule has 1 aromatic heterocycles. The first-order valence-corrected chi connectivity index (χ1v) is 14.3. The molecule has 0 radical (unpaired) electrons. The Labute approximate surface area is 243 Å². The maximum atomic E-state index is 14.0. The number of allylic oxidation sites excluding steroid dienone is 1. The summed E-state index contributed by atoms with van der Waals surface area (Å²) >= 11 is 1.25. The molecule has 4 rings (SSSR count). The molecule has 1 aliphatic heterocycles. The number of thiazole rings is 1. The standard InChI is InChI=1S/C31H36N2O7S/c1-9-38-30(35)27-19(6)32-31-33(28(27)21-11-13-23(40-18(4)5)25(16-21)37-8)29(34)26(41-31)15-20-10-12-22(39-17(2)3)24(14-20)36-7/h10-18,28H,9H2,1-8H3/b26-15-/t28-/m0/s1. The first kappa shape index (κ1) is 29.9. The van der Waals surface area contributed by atoms with Crippen molar-refractivity contribution >= 4 is 23.4 Å². The molecule has 0 saturated heterocycles. The zero-order chi connectivity index (χ0) is 29.8. The highest BCUT2D eigenvalue weighted by atomic mass is 32.1. The quantitative estimate of drug-likeness (QED) is 0.328. The van der Waals surface area contributed by atoms with Crippen molar-refractivity contribution in [3.05, 3.63) is 78.5 Å². The van der Waals surface area contributed by atoms with Crippen LogP contribution in [0.3, 0.4) is 0 Å². The van der Waals surface area contributed by atoms with E-state index in [0.717, 1.165) is 5.56 Å². The summed E-state index contributed by atoms with van der Waals surface area (Å²) in [4.78, 5) is 32.3. The monoisotopic (exact) mass is 580 g/mol. The lowest BCUT2D eigenvalue weighted by molar-refractivity contribution is -0.139. The molecule has 3 aromatic rings. The second-order valence-corrected chi connectivity index (χ2v) is 11.0. The number of ether oxygens (including phenoxy) is 5. The molecule has 1 aliphatic rings. The van der Waals surface area contributed by atoms with Crippen molar-refractivity contribution in [1.29, 1.82) is 0 Å². The fourth-order valence-electron chi connectivity index (χ4n) is 4.59. The van der Waals surface area contributed by atoms with Gasteiger partial charge in [0, 0.05) is 0 Å². The highest BCUT2D eigenvalue weighted by Gasteiger charge is 2.34. The molecule has 0 aliphatic carbocycles. The number of rotatable bonds is 10. The molecule has 0 fully saturated rings. The fourth-order valence-corrected chi connectivity index (χ4v) is 5.64. The van der Waals surface area contributed by atoms with Crippen molar-refractivity contribution in [3.63, 3.8) is 0 Å². The zero-order valence-corrected chi connectivity index (χ0v) is 25.5. The van der Waals surface area contributed by atoms with E-state index in [1.807, 2.05) is 52.0 Å². The Morgan fingerprint density at radius 2 is 1.59 bits per heavy atom. The van der Waals surface area contributed by atoms with E-state index in [-0.39, 0.29) is 24.4 Å². The zero-order valence-electron chi connectivity index (χ0n) is 24.6. The number of methoxy groups -OCH3 is 2. The second kappa shape index (κ2) is 12.6. The Hall–Kier alpha value is -4.05. The first-order valence-electron chi connectivity index (χ1n) is 13.5. The molecule has 218 valence electrons. The van der Waals surface area contributed by atoms with Crippen molar-refractivity contribution in [2.24, 2.45) is 4.99 Å². The SMILES string of the molecule is CCOC(=O)C1=C(C)N=c2s/c(=C\c3ccc(OC(C)C)c(OC)c3)c(=O)n2[C@H]1c1ccc(OC(C)C)c(OC)c1. The van der Waals surface area contributed by atoms with Crippen LogP contribution in [0.1, 0.15) is 58.7 Å². The average molecular weight is 581 g/mol. The third kappa shape index (κ3) is 6.32. The van der Waals surface area contributed by atoms with Gasteiger partial charge in [0.2, 0.25) is 0 Å². The molecule has 0 amide bonds. The average Bonchev–Trinajstić information content (AvgIpc) is 3.22. The Bertz CT molecular complexity index is 1650. The van der Waals surface area contributed by atoms with Crippen molar-refractivity contribution in [1.82, 2.24) is 4.57 Å². The number of hydrogen-bond donors (Lipinski definition) is 0. The summed E-state index contributed by atoms with van der Waals surface area (Å²) < 4.78 is 30.2. The van der Waals surface area contributed by atoms with Gasteiger partial charge in [-0.15, -0.1) is 0 Å². The van der Waals surface area contributed by atoms with Crippen LogP contribution >= 0.6 is 11.3 Å². The lowest BCUT2D eigenvalue weighted by Crippen LogP contribution is -2.40. The Kier molecular flexibility index (Phi) is 9.22. The van der Waals surface area contributed by atoms with Crippen LogP contribution < -0.4 is 33.8 Å².